The quantitative estimate of drug-likeness (QED) is 0.681. The van der Waals surface area contributed by atoms with E-state index >= 15 is 0 Å². The monoisotopic (exact) mass is 408 g/mol. The molecule has 0 unspecified atom stereocenters. The van der Waals surface area contributed by atoms with Gasteiger partial charge in [0.15, 0.2) is 0 Å². The van der Waals surface area contributed by atoms with E-state index in [9.17, 15) is 9.59 Å². The molecule has 3 aromatic rings. The number of hydrogen-bond acceptors (Lipinski definition) is 4. The third-order valence-corrected chi connectivity index (χ3v) is 6.16. The first-order valence-electron chi connectivity index (χ1n) is 9.89. The fourth-order valence-corrected chi connectivity index (χ4v) is 4.43. The van der Waals surface area contributed by atoms with Crippen LogP contribution in [0.25, 0.3) is 5.69 Å². The largest absolute Gasteiger partial charge is 0.355 e. The molecule has 0 saturated carbocycles. The van der Waals surface area contributed by atoms with Crippen molar-refractivity contribution in [2.24, 2.45) is 5.92 Å². The number of thiophene rings is 1. The van der Waals surface area contributed by atoms with E-state index in [1.165, 1.54) is 4.88 Å². The van der Waals surface area contributed by atoms with Crippen LogP contribution in [0.15, 0.2) is 60.4 Å². The second-order valence-corrected chi connectivity index (χ2v) is 8.22. The van der Waals surface area contributed by atoms with Crippen molar-refractivity contribution in [3.63, 3.8) is 0 Å². The Morgan fingerprint density at radius 2 is 2.14 bits per heavy atom. The van der Waals surface area contributed by atoms with Crippen molar-refractivity contribution < 1.29 is 9.59 Å². The van der Waals surface area contributed by atoms with Crippen LogP contribution in [0.2, 0.25) is 0 Å². The summed E-state index contributed by atoms with van der Waals surface area (Å²) in [5, 5.41) is 5.08. The van der Waals surface area contributed by atoms with Crippen molar-refractivity contribution in [2.45, 2.75) is 19.3 Å². The highest BCUT2D eigenvalue weighted by molar-refractivity contribution is 7.09. The highest BCUT2D eigenvalue weighted by atomic mass is 32.1. The van der Waals surface area contributed by atoms with Gasteiger partial charge < -0.3 is 14.8 Å². The van der Waals surface area contributed by atoms with Crippen LogP contribution in [0.3, 0.4) is 0 Å². The van der Waals surface area contributed by atoms with Gasteiger partial charge in [0.1, 0.15) is 5.69 Å². The molecule has 1 N–H and O–H groups in total. The zero-order valence-corrected chi connectivity index (χ0v) is 17.0. The van der Waals surface area contributed by atoms with Gasteiger partial charge in [-0.15, -0.1) is 11.3 Å². The lowest BCUT2D eigenvalue weighted by Gasteiger charge is -2.32. The Balaban J connectivity index is 1.38. The zero-order valence-electron chi connectivity index (χ0n) is 16.2. The Bertz CT molecular complexity index is 952. The molecule has 4 rings (SSSR count). The van der Waals surface area contributed by atoms with Crippen molar-refractivity contribution >= 4 is 23.2 Å². The molecule has 3 aromatic heterocycles. The summed E-state index contributed by atoms with van der Waals surface area (Å²) < 4.78 is 1.85. The molecule has 4 heterocycles. The SMILES string of the molecule is O=C(NCCc1cccs1)[C@@H]1CCCN(C(=O)c2cccn2-c2cccnc2)C1. The van der Waals surface area contributed by atoms with E-state index < -0.39 is 0 Å². The average Bonchev–Trinajstić information content (AvgIpc) is 3.46. The molecular formula is C22H24N4O2S. The third kappa shape index (κ3) is 4.56. The van der Waals surface area contributed by atoms with Crippen LogP contribution in [0.4, 0.5) is 0 Å². The summed E-state index contributed by atoms with van der Waals surface area (Å²) in [5.74, 6) is -0.158. The van der Waals surface area contributed by atoms with E-state index in [0.717, 1.165) is 24.9 Å². The topological polar surface area (TPSA) is 67.2 Å². The first-order valence-corrected chi connectivity index (χ1v) is 10.8. The van der Waals surface area contributed by atoms with Crippen molar-refractivity contribution in [1.29, 1.82) is 0 Å². The number of nitrogens with one attached hydrogen (secondary N) is 1. The lowest BCUT2D eigenvalue weighted by atomic mass is 9.96. The average molecular weight is 409 g/mol. The Kier molecular flexibility index (Phi) is 6.05. The molecule has 2 amide bonds. The molecule has 0 bridgehead atoms. The number of nitrogens with zero attached hydrogens (tertiary/aromatic N) is 3. The lowest BCUT2D eigenvalue weighted by molar-refractivity contribution is -0.126. The van der Waals surface area contributed by atoms with Gasteiger partial charge in [0.2, 0.25) is 5.91 Å². The number of rotatable bonds is 6. The minimum absolute atomic E-state index is 0.0432. The Labute approximate surface area is 174 Å². The standard InChI is InChI=1S/C22H24N4O2S/c27-21(24-11-9-19-7-4-14-29-19)17-5-2-12-25(16-17)22(28)20-8-3-13-26(20)18-6-1-10-23-15-18/h1,3-4,6-8,10,13-15,17H,2,5,9,11-12,16H2,(H,24,27)/t17-/m1/s1. The number of likely N-dealkylation sites (tertiary alicyclic amines) is 1. The molecule has 0 radical (unpaired) electrons. The zero-order chi connectivity index (χ0) is 20.1. The summed E-state index contributed by atoms with van der Waals surface area (Å²) in [7, 11) is 0. The molecule has 1 aliphatic rings. The molecule has 1 fully saturated rings. The Morgan fingerprint density at radius 3 is 2.93 bits per heavy atom. The van der Waals surface area contributed by atoms with Crippen LogP contribution < -0.4 is 5.32 Å². The van der Waals surface area contributed by atoms with Gasteiger partial charge in [0, 0.05) is 36.9 Å². The summed E-state index contributed by atoms with van der Waals surface area (Å²) in [5.41, 5.74) is 1.44. The number of piperidine rings is 1. The van der Waals surface area contributed by atoms with E-state index in [4.69, 9.17) is 0 Å². The number of carbonyl (C=O) groups is 2. The molecule has 7 heteroatoms. The van der Waals surface area contributed by atoms with Crippen LogP contribution in [-0.4, -0.2) is 45.9 Å². The molecule has 6 nitrogen and oxygen atoms in total. The van der Waals surface area contributed by atoms with E-state index in [0.29, 0.717) is 25.3 Å². The van der Waals surface area contributed by atoms with Crippen LogP contribution in [0, 0.1) is 5.92 Å². The third-order valence-electron chi connectivity index (χ3n) is 5.22. The van der Waals surface area contributed by atoms with Gasteiger partial charge >= 0.3 is 0 Å². The molecule has 150 valence electrons. The Morgan fingerprint density at radius 1 is 1.21 bits per heavy atom. The summed E-state index contributed by atoms with van der Waals surface area (Å²) in [6.07, 6.45) is 7.80. The van der Waals surface area contributed by atoms with E-state index in [2.05, 4.69) is 16.4 Å². The number of aromatic nitrogens is 2. The lowest BCUT2D eigenvalue weighted by Crippen LogP contribution is -2.46. The summed E-state index contributed by atoms with van der Waals surface area (Å²) >= 11 is 1.70. The summed E-state index contributed by atoms with van der Waals surface area (Å²) in [6.45, 7) is 1.77. The van der Waals surface area contributed by atoms with Crippen LogP contribution >= 0.6 is 11.3 Å². The van der Waals surface area contributed by atoms with Gasteiger partial charge in [-0.3, -0.25) is 14.6 Å². The van der Waals surface area contributed by atoms with Gasteiger partial charge in [-0.05, 0) is 55.0 Å². The molecule has 1 atom stereocenters. The minimum atomic E-state index is -0.155. The highest BCUT2D eigenvalue weighted by Gasteiger charge is 2.29. The van der Waals surface area contributed by atoms with Crippen LogP contribution in [0.1, 0.15) is 28.2 Å². The van der Waals surface area contributed by atoms with Gasteiger partial charge in [-0.2, -0.15) is 0 Å². The summed E-state index contributed by atoms with van der Waals surface area (Å²) in [6, 6.07) is 11.5. The smallest absolute Gasteiger partial charge is 0.270 e. The number of amides is 2. The fourth-order valence-electron chi connectivity index (χ4n) is 3.72. The first kappa shape index (κ1) is 19.4. The molecule has 0 spiro atoms. The van der Waals surface area contributed by atoms with Crippen LogP contribution in [0.5, 0.6) is 0 Å². The van der Waals surface area contributed by atoms with Gasteiger partial charge in [0.25, 0.3) is 5.91 Å². The fraction of sp³-hybridized carbons (Fsp3) is 0.318. The van der Waals surface area contributed by atoms with E-state index in [-0.39, 0.29) is 17.7 Å². The molecule has 1 aliphatic heterocycles. The van der Waals surface area contributed by atoms with Crippen molar-refractivity contribution in [1.82, 2.24) is 19.8 Å². The normalized spacial score (nSPS) is 16.6. The maximum atomic E-state index is 13.1. The van der Waals surface area contributed by atoms with Crippen LogP contribution in [-0.2, 0) is 11.2 Å². The molecule has 0 aliphatic carbocycles. The molecule has 1 saturated heterocycles. The predicted octanol–water partition coefficient (Wildman–Crippen LogP) is 3.14. The predicted molar refractivity (Wildman–Crippen MR) is 113 cm³/mol. The van der Waals surface area contributed by atoms with Gasteiger partial charge in [0.05, 0.1) is 17.8 Å². The Hall–Kier alpha value is -2.93. The van der Waals surface area contributed by atoms with E-state index in [1.54, 1.807) is 28.6 Å². The van der Waals surface area contributed by atoms with E-state index in [1.807, 2.05) is 46.5 Å². The summed E-state index contributed by atoms with van der Waals surface area (Å²) in [4.78, 5) is 33.0. The molecular weight excluding hydrogens is 384 g/mol. The van der Waals surface area contributed by atoms with Crippen molar-refractivity contribution in [3.8, 4) is 5.69 Å². The molecule has 29 heavy (non-hydrogen) atoms. The number of carbonyl (C=O) groups excluding carboxylic acids is 2. The van der Waals surface area contributed by atoms with Crippen molar-refractivity contribution in [3.05, 3.63) is 70.9 Å². The number of pyridine rings is 1. The number of hydrogen-bond donors (Lipinski definition) is 1. The van der Waals surface area contributed by atoms with Crippen molar-refractivity contribution in [2.75, 3.05) is 19.6 Å². The van der Waals surface area contributed by atoms with Gasteiger partial charge in [-0.1, -0.05) is 6.07 Å². The molecule has 0 aromatic carbocycles. The maximum Gasteiger partial charge on any atom is 0.270 e. The second kappa shape index (κ2) is 9.05. The minimum Gasteiger partial charge on any atom is -0.355 e. The second-order valence-electron chi connectivity index (χ2n) is 7.19. The maximum absolute atomic E-state index is 13.1. The first-order chi connectivity index (χ1) is 14.2. The van der Waals surface area contributed by atoms with Gasteiger partial charge in [-0.25, -0.2) is 0 Å². The highest BCUT2D eigenvalue weighted by Crippen LogP contribution is 2.21.